The fourth-order valence-electron chi connectivity index (χ4n) is 1.79. The number of nitro groups is 1. The van der Waals surface area contributed by atoms with Crippen LogP contribution in [0.1, 0.15) is 23.6 Å². The van der Waals surface area contributed by atoms with Gasteiger partial charge < -0.3 is 5.73 Å². The summed E-state index contributed by atoms with van der Waals surface area (Å²) in [4.78, 5) is 10.3. The number of nitrogens with zero attached hydrogens (tertiary/aromatic N) is 1. The van der Waals surface area contributed by atoms with Gasteiger partial charge in [0.15, 0.2) is 0 Å². The summed E-state index contributed by atoms with van der Waals surface area (Å²) in [7, 11) is 0. The van der Waals surface area contributed by atoms with Crippen LogP contribution < -0.4 is 5.73 Å². The van der Waals surface area contributed by atoms with E-state index in [1.54, 1.807) is 6.07 Å². The van der Waals surface area contributed by atoms with E-state index in [9.17, 15) is 10.1 Å². The lowest BCUT2D eigenvalue weighted by Crippen LogP contribution is -2.05. The maximum absolute atomic E-state index is 10.7. The molecule has 4 nitrogen and oxygen atoms in total. The quantitative estimate of drug-likeness (QED) is 0.491. The molecule has 1 aliphatic rings. The molecule has 0 aliphatic heterocycles. The zero-order valence-corrected chi connectivity index (χ0v) is 9.52. The predicted octanol–water partition coefficient (Wildman–Crippen LogP) is 2.15. The number of hydrogen-bond acceptors (Lipinski definition) is 3. The summed E-state index contributed by atoms with van der Waals surface area (Å²) in [6, 6.07) is 3.55. The van der Waals surface area contributed by atoms with Gasteiger partial charge in [0.1, 0.15) is 0 Å². The monoisotopic (exact) mass is 304 g/mol. The van der Waals surface area contributed by atoms with Gasteiger partial charge in [-0.05, 0) is 52.6 Å². The minimum absolute atomic E-state index is 0.0549. The van der Waals surface area contributed by atoms with E-state index >= 15 is 0 Å². The van der Waals surface area contributed by atoms with Crippen LogP contribution in [-0.2, 0) is 6.42 Å². The zero-order chi connectivity index (χ0) is 10.3. The Labute approximate surface area is 94.8 Å². The molecule has 0 spiro atoms. The molecule has 14 heavy (non-hydrogen) atoms. The first-order valence-corrected chi connectivity index (χ1v) is 5.39. The summed E-state index contributed by atoms with van der Waals surface area (Å²) in [5.41, 5.74) is 8.16. The molecule has 2 rings (SSSR count). The van der Waals surface area contributed by atoms with Crippen LogP contribution in [0.15, 0.2) is 12.1 Å². The lowest BCUT2D eigenvalue weighted by Gasteiger charge is -2.05. The topological polar surface area (TPSA) is 69.2 Å². The van der Waals surface area contributed by atoms with Crippen LogP contribution >= 0.6 is 22.6 Å². The maximum atomic E-state index is 10.7. The molecule has 0 radical (unpaired) electrons. The number of rotatable bonds is 1. The van der Waals surface area contributed by atoms with E-state index in [4.69, 9.17) is 5.73 Å². The molecule has 0 aromatic heterocycles. The van der Waals surface area contributed by atoms with Crippen molar-refractivity contribution in [2.45, 2.75) is 18.9 Å². The number of hydrogen-bond donors (Lipinski definition) is 1. The normalized spacial score (nSPS) is 19.4. The van der Waals surface area contributed by atoms with E-state index in [2.05, 4.69) is 0 Å². The van der Waals surface area contributed by atoms with Crippen molar-refractivity contribution in [3.63, 3.8) is 0 Å². The summed E-state index contributed by atoms with van der Waals surface area (Å²) in [6.45, 7) is 0. The van der Waals surface area contributed by atoms with Crippen LogP contribution in [0.25, 0.3) is 0 Å². The summed E-state index contributed by atoms with van der Waals surface area (Å²) in [5.74, 6) is 0. The highest BCUT2D eigenvalue weighted by atomic mass is 127. The van der Waals surface area contributed by atoms with Crippen molar-refractivity contribution >= 4 is 28.3 Å². The number of aryl methyl sites for hydroxylation is 1. The van der Waals surface area contributed by atoms with Crippen LogP contribution in [0.3, 0.4) is 0 Å². The highest BCUT2D eigenvalue weighted by molar-refractivity contribution is 14.1. The molecule has 0 saturated carbocycles. The second-order valence-electron chi connectivity index (χ2n) is 3.40. The molecular formula is C9H9IN2O2. The molecular weight excluding hydrogens is 295 g/mol. The first kappa shape index (κ1) is 9.85. The predicted molar refractivity (Wildman–Crippen MR) is 61.1 cm³/mol. The smallest absolute Gasteiger partial charge is 0.282 e. The number of fused-ring (bicyclic) bond motifs is 1. The lowest BCUT2D eigenvalue weighted by atomic mass is 10.1. The van der Waals surface area contributed by atoms with Gasteiger partial charge in [-0.3, -0.25) is 10.1 Å². The fourth-order valence-corrected chi connectivity index (χ4v) is 2.48. The van der Waals surface area contributed by atoms with Crippen molar-refractivity contribution in [3.8, 4) is 0 Å². The van der Waals surface area contributed by atoms with Gasteiger partial charge in [-0.15, -0.1) is 0 Å². The first-order valence-electron chi connectivity index (χ1n) is 4.32. The summed E-state index contributed by atoms with van der Waals surface area (Å²) >= 11 is 1.98. The van der Waals surface area contributed by atoms with Crippen LogP contribution in [-0.4, -0.2) is 4.92 Å². The van der Waals surface area contributed by atoms with Gasteiger partial charge >= 0.3 is 0 Å². The van der Waals surface area contributed by atoms with Gasteiger partial charge in [0.25, 0.3) is 5.69 Å². The van der Waals surface area contributed by atoms with E-state index in [1.807, 2.05) is 28.7 Å². The molecule has 1 atom stereocenters. The Bertz CT molecular complexity index is 406. The van der Waals surface area contributed by atoms with Crippen LogP contribution in [0, 0.1) is 13.7 Å². The molecule has 0 heterocycles. The standard InChI is InChI=1S/C9H9IN2O2/c10-7-4-6-5(1-2-8(6)11)3-9(7)12(13)14/h3-4,8H,1-2,11H2/t8-/m1/s1. The van der Waals surface area contributed by atoms with E-state index in [0.29, 0.717) is 3.57 Å². The summed E-state index contributed by atoms with van der Waals surface area (Å²) < 4.78 is 0.670. The van der Waals surface area contributed by atoms with Crippen molar-refractivity contribution in [1.29, 1.82) is 0 Å². The van der Waals surface area contributed by atoms with E-state index in [1.165, 1.54) is 0 Å². The van der Waals surface area contributed by atoms with Crippen LogP contribution in [0.2, 0.25) is 0 Å². The third-order valence-electron chi connectivity index (χ3n) is 2.53. The lowest BCUT2D eigenvalue weighted by molar-refractivity contribution is -0.385. The molecule has 2 N–H and O–H groups in total. The molecule has 0 fully saturated rings. The van der Waals surface area contributed by atoms with Crippen molar-refractivity contribution < 1.29 is 4.92 Å². The number of halogens is 1. The van der Waals surface area contributed by atoms with E-state index in [0.717, 1.165) is 24.0 Å². The Morgan fingerprint density at radius 1 is 1.57 bits per heavy atom. The van der Waals surface area contributed by atoms with Crippen LogP contribution in [0.5, 0.6) is 0 Å². The van der Waals surface area contributed by atoms with Gasteiger partial charge in [0.2, 0.25) is 0 Å². The van der Waals surface area contributed by atoms with E-state index < -0.39 is 0 Å². The molecule has 0 saturated heterocycles. The minimum atomic E-state index is -0.341. The van der Waals surface area contributed by atoms with Gasteiger partial charge in [-0.25, -0.2) is 0 Å². The van der Waals surface area contributed by atoms with Gasteiger partial charge in [-0.1, -0.05) is 0 Å². The Morgan fingerprint density at radius 2 is 2.29 bits per heavy atom. The number of nitrogens with two attached hydrogens (primary N) is 1. The molecule has 1 aromatic rings. The highest BCUT2D eigenvalue weighted by Gasteiger charge is 2.24. The van der Waals surface area contributed by atoms with Crippen molar-refractivity contribution in [1.82, 2.24) is 0 Å². The van der Waals surface area contributed by atoms with E-state index in [-0.39, 0.29) is 16.7 Å². The number of nitro benzene ring substituents is 1. The maximum Gasteiger partial charge on any atom is 0.282 e. The molecule has 0 amide bonds. The second kappa shape index (κ2) is 3.47. The van der Waals surface area contributed by atoms with Crippen molar-refractivity contribution in [2.75, 3.05) is 0 Å². The Hall–Kier alpha value is -0.690. The average molecular weight is 304 g/mol. The molecule has 0 unspecified atom stereocenters. The molecule has 1 aromatic carbocycles. The average Bonchev–Trinajstić information content (AvgIpc) is 2.46. The molecule has 74 valence electrons. The van der Waals surface area contributed by atoms with Crippen molar-refractivity contribution in [2.24, 2.45) is 5.73 Å². The molecule has 1 aliphatic carbocycles. The third-order valence-corrected chi connectivity index (χ3v) is 3.39. The van der Waals surface area contributed by atoms with Crippen LogP contribution in [0.4, 0.5) is 5.69 Å². The van der Waals surface area contributed by atoms with Crippen molar-refractivity contribution in [3.05, 3.63) is 36.9 Å². The Kier molecular flexibility index (Phi) is 2.44. The SMILES string of the molecule is N[C@@H]1CCc2cc([N+](=O)[O-])c(I)cc21. The van der Waals surface area contributed by atoms with Gasteiger partial charge in [0, 0.05) is 12.1 Å². The summed E-state index contributed by atoms with van der Waals surface area (Å²) in [5, 5.41) is 10.7. The minimum Gasteiger partial charge on any atom is -0.324 e. The van der Waals surface area contributed by atoms with Gasteiger partial charge in [0.05, 0.1) is 8.49 Å². The fraction of sp³-hybridized carbons (Fsp3) is 0.333. The Balaban J connectivity index is 2.55. The van der Waals surface area contributed by atoms with Gasteiger partial charge in [-0.2, -0.15) is 0 Å². The molecule has 5 heteroatoms. The number of benzene rings is 1. The highest BCUT2D eigenvalue weighted by Crippen LogP contribution is 2.34. The second-order valence-corrected chi connectivity index (χ2v) is 4.57. The summed E-state index contributed by atoms with van der Waals surface area (Å²) in [6.07, 6.45) is 1.75. The first-order chi connectivity index (χ1) is 6.59. The zero-order valence-electron chi connectivity index (χ0n) is 7.37. The third kappa shape index (κ3) is 1.50. The Morgan fingerprint density at radius 3 is 2.93 bits per heavy atom. The largest absolute Gasteiger partial charge is 0.324 e. The molecule has 0 bridgehead atoms.